The molecule has 0 fully saturated rings. The first-order valence-electron chi connectivity index (χ1n) is 4.18. The fourth-order valence-corrected chi connectivity index (χ4v) is 1.58. The number of carbonyl (C=O) groups excluding carboxylic acids is 1. The summed E-state index contributed by atoms with van der Waals surface area (Å²) in [6, 6.07) is 0. The van der Waals surface area contributed by atoms with Crippen molar-refractivity contribution >= 4 is 36.2 Å². The number of aliphatic imine (C=N–C) groups is 2. The van der Waals surface area contributed by atoms with Gasteiger partial charge in [-0.25, -0.2) is 9.98 Å². The molecule has 0 bridgehead atoms. The molecule has 0 aliphatic carbocycles. The first-order valence-corrected chi connectivity index (χ1v) is 4.18. The average Bonchev–Trinajstić information content (AvgIpc) is 2.66. The van der Waals surface area contributed by atoms with Gasteiger partial charge in [0.25, 0.3) is 5.91 Å². The van der Waals surface area contributed by atoms with Gasteiger partial charge in [0.1, 0.15) is 5.69 Å². The first kappa shape index (κ1) is 7.32. The molecule has 0 radical (unpaired) electrons. The lowest BCUT2D eigenvalue weighted by molar-refractivity contribution is 0.0997. The second kappa shape index (κ2) is 2.45. The summed E-state index contributed by atoms with van der Waals surface area (Å²) >= 11 is 0. The number of amides is 1. The minimum absolute atomic E-state index is 0.286. The molecule has 2 aliphatic rings. The maximum absolute atomic E-state index is 11.4. The van der Waals surface area contributed by atoms with E-state index in [9.17, 15) is 4.79 Å². The molecular formula is C10H5N3O. The lowest BCUT2D eigenvalue weighted by atomic mass is 10.1. The van der Waals surface area contributed by atoms with Crippen LogP contribution in [-0.2, 0) is 0 Å². The molecule has 0 unspecified atom stereocenters. The number of pyridine rings is 1. The van der Waals surface area contributed by atoms with Crippen molar-refractivity contribution < 1.29 is 4.79 Å². The zero-order valence-electron chi connectivity index (χ0n) is 7.14. The van der Waals surface area contributed by atoms with Crippen LogP contribution in [0.2, 0.25) is 0 Å². The van der Waals surface area contributed by atoms with Crippen molar-refractivity contribution in [1.29, 1.82) is 0 Å². The van der Waals surface area contributed by atoms with Crippen molar-refractivity contribution in [2.45, 2.75) is 0 Å². The van der Waals surface area contributed by atoms with Crippen molar-refractivity contribution in [1.82, 2.24) is 4.98 Å². The summed E-state index contributed by atoms with van der Waals surface area (Å²) in [6.45, 7) is 0. The fourth-order valence-electron chi connectivity index (χ4n) is 1.58. The number of fused-ring (bicyclic) bond motifs is 3. The quantitative estimate of drug-likeness (QED) is 0.548. The highest BCUT2D eigenvalue weighted by Gasteiger charge is 2.13. The number of nitrogens with zero attached hydrogens (tertiary/aromatic N) is 3. The molecule has 2 aliphatic heterocycles. The molecule has 4 nitrogen and oxygen atoms in total. The molecule has 0 saturated heterocycles. The topological polar surface area (TPSA) is 54.7 Å². The molecule has 0 atom stereocenters. The molecule has 0 N–H and O–H groups in total. The summed E-state index contributed by atoms with van der Waals surface area (Å²) in [5, 5.41) is 1.77. The monoisotopic (exact) mass is 183 g/mol. The Morgan fingerprint density at radius 1 is 1.00 bits per heavy atom. The van der Waals surface area contributed by atoms with Gasteiger partial charge in [-0.2, -0.15) is 0 Å². The van der Waals surface area contributed by atoms with E-state index in [1.54, 1.807) is 18.5 Å². The lowest BCUT2D eigenvalue weighted by Crippen LogP contribution is -2.33. The number of rotatable bonds is 0. The van der Waals surface area contributed by atoms with E-state index in [0.717, 1.165) is 16.1 Å². The Balaban J connectivity index is 2.53. The van der Waals surface area contributed by atoms with Crippen LogP contribution in [0.3, 0.4) is 0 Å². The molecule has 0 spiro atoms. The third-order valence-corrected chi connectivity index (χ3v) is 2.23. The first-order chi connectivity index (χ1) is 6.86. The summed E-state index contributed by atoms with van der Waals surface area (Å²) < 4.78 is 0. The third-order valence-electron chi connectivity index (χ3n) is 2.23. The molecular weight excluding hydrogens is 178 g/mol. The van der Waals surface area contributed by atoms with Crippen LogP contribution in [0, 0.1) is 0 Å². The van der Waals surface area contributed by atoms with Gasteiger partial charge in [0.2, 0.25) is 0 Å². The fraction of sp³-hybridized carbons (Fsp3) is 0. The van der Waals surface area contributed by atoms with Gasteiger partial charge in [0, 0.05) is 22.9 Å². The molecule has 1 aromatic heterocycles. The summed E-state index contributed by atoms with van der Waals surface area (Å²) in [5.41, 5.74) is 1.22. The molecule has 1 aromatic rings. The van der Waals surface area contributed by atoms with Crippen LogP contribution in [0.5, 0.6) is 0 Å². The van der Waals surface area contributed by atoms with Gasteiger partial charge in [-0.3, -0.25) is 9.79 Å². The molecule has 14 heavy (non-hydrogen) atoms. The van der Waals surface area contributed by atoms with E-state index in [4.69, 9.17) is 0 Å². The predicted molar refractivity (Wildman–Crippen MR) is 53.4 cm³/mol. The van der Waals surface area contributed by atoms with Crippen LogP contribution in [0.1, 0.15) is 10.5 Å². The Kier molecular flexibility index (Phi) is 1.28. The van der Waals surface area contributed by atoms with Gasteiger partial charge in [0.05, 0.1) is 11.9 Å². The second-order valence-corrected chi connectivity index (χ2v) is 3.01. The van der Waals surface area contributed by atoms with Crippen molar-refractivity contribution in [2.75, 3.05) is 0 Å². The van der Waals surface area contributed by atoms with Gasteiger partial charge < -0.3 is 0 Å². The average molecular weight is 183 g/mol. The number of hydrogen-bond acceptors (Lipinski definition) is 3. The number of aromatic nitrogens is 1. The summed E-state index contributed by atoms with van der Waals surface area (Å²) in [6.07, 6.45) is 8.46. The summed E-state index contributed by atoms with van der Waals surface area (Å²) in [5.74, 6) is -0.286. The number of carbonyl (C=O) groups is 1. The maximum atomic E-state index is 11.4. The molecule has 0 saturated carbocycles. The van der Waals surface area contributed by atoms with Crippen LogP contribution in [0.15, 0.2) is 16.2 Å². The zero-order valence-corrected chi connectivity index (χ0v) is 7.14. The van der Waals surface area contributed by atoms with Crippen molar-refractivity contribution in [3.05, 3.63) is 22.3 Å². The van der Waals surface area contributed by atoms with Crippen LogP contribution in [0.25, 0.3) is 12.2 Å². The third kappa shape index (κ3) is 0.821. The van der Waals surface area contributed by atoms with Crippen LogP contribution in [0.4, 0.5) is 5.69 Å². The minimum Gasteiger partial charge on any atom is -0.265 e. The summed E-state index contributed by atoms with van der Waals surface area (Å²) in [7, 11) is 0. The van der Waals surface area contributed by atoms with Crippen molar-refractivity contribution in [3.63, 3.8) is 0 Å². The Hall–Kier alpha value is -2.10. The summed E-state index contributed by atoms with van der Waals surface area (Å²) in [4.78, 5) is 23.2. The number of hydrogen-bond donors (Lipinski definition) is 0. The molecule has 66 valence electrons. The largest absolute Gasteiger partial charge is 0.296 e. The van der Waals surface area contributed by atoms with E-state index in [0.29, 0.717) is 5.69 Å². The van der Waals surface area contributed by atoms with E-state index in [-0.39, 0.29) is 5.91 Å². The highest BCUT2D eigenvalue weighted by molar-refractivity contribution is 6.09. The Bertz CT molecular complexity index is 611. The molecule has 3 rings (SSSR count). The van der Waals surface area contributed by atoms with E-state index in [1.165, 1.54) is 6.21 Å². The van der Waals surface area contributed by atoms with Crippen LogP contribution < -0.4 is 10.4 Å². The Morgan fingerprint density at radius 2 is 1.79 bits per heavy atom. The van der Waals surface area contributed by atoms with Gasteiger partial charge in [-0.1, -0.05) is 0 Å². The highest BCUT2D eigenvalue weighted by atomic mass is 16.1. The van der Waals surface area contributed by atoms with Crippen LogP contribution in [-0.4, -0.2) is 23.3 Å². The lowest BCUT2D eigenvalue weighted by Gasteiger charge is -2.01. The van der Waals surface area contributed by atoms with E-state index in [2.05, 4.69) is 15.0 Å². The molecule has 3 heterocycles. The molecule has 4 heteroatoms. The second-order valence-electron chi connectivity index (χ2n) is 3.01. The predicted octanol–water partition coefficient (Wildman–Crippen LogP) is -0.417. The van der Waals surface area contributed by atoms with E-state index in [1.807, 2.05) is 6.08 Å². The SMILES string of the molecule is O=C1N=CC=c2c1ncc1c2=CC=N1. The van der Waals surface area contributed by atoms with Gasteiger partial charge in [-0.15, -0.1) is 0 Å². The Morgan fingerprint density at radius 3 is 2.71 bits per heavy atom. The minimum atomic E-state index is -0.286. The standard InChI is InChI=1S/C10H5N3O/c14-10-9-7(2-4-12-10)6-1-3-11-8(6)5-13-9/h1-5H. The van der Waals surface area contributed by atoms with Crippen molar-refractivity contribution in [3.8, 4) is 0 Å². The molecule has 1 amide bonds. The van der Waals surface area contributed by atoms with Gasteiger partial charge in [-0.05, 0) is 12.2 Å². The van der Waals surface area contributed by atoms with Gasteiger partial charge in [0.15, 0.2) is 0 Å². The zero-order chi connectivity index (χ0) is 9.54. The smallest absolute Gasteiger partial charge is 0.265 e. The highest BCUT2D eigenvalue weighted by Crippen LogP contribution is 2.05. The van der Waals surface area contributed by atoms with Gasteiger partial charge >= 0.3 is 0 Å². The molecule has 0 aromatic carbocycles. The van der Waals surface area contributed by atoms with Crippen LogP contribution >= 0.6 is 0 Å². The van der Waals surface area contributed by atoms with E-state index >= 15 is 0 Å². The van der Waals surface area contributed by atoms with Crippen molar-refractivity contribution in [2.24, 2.45) is 9.98 Å². The Labute approximate surface area is 79.0 Å². The maximum Gasteiger partial charge on any atom is 0.296 e. The van der Waals surface area contributed by atoms with E-state index < -0.39 is 0 Å². The normalized spacial score (nSPS) is 15.9.